The molecule has 2 N–H and O–H groups in total. The van der Waals surface area contributed by atoms with Crippen molar-refractivity contribution in [3.63, 3.8) is 0 Å². The zero-order chi connectivity index (χ0) is 15.2. The van der Waals surface area contributed by atoms with Crippen LogP contribution in [-0.4, -0.2) is 23.5 Å². The number of para-hydroxylation sites is 2. The molecule has 20 heavy (non-hydrogen) atoms. The summed E-state index contributed by atoms with van der Waals surface area (Å²) in [6.45, 7) is 1.90. The molecule has 4 nitrogen and oxygen atoms in total. The van der Waals surface area contributed by atoms with Crippen molar-refractivity contribution in [1.82, 2.24) is 0 Å². The van der Waals surface area contributed by atoms with Crippen molar-refractivity contribution in [3.05, 3.63) is 24.3 Å². The summed E-state index contributed by atoms with van der Waals surface area (Å²) in [7, 11) is 0. The summed E-state index contributed by atoms with van der Waals surface area (Å²) in [6, 6.07) is 4.42. The molecule has 1 rings (SSSR count). The van der Waals surface area contributed by atoms with Gasteiger partial charge in [-0.3, -0.25) is 0 Å². The average molecular weight is 291 g/mol. The van der Waals surface area contributed by atoms with E-state index in [-0.39, 0.29) is 5.69 Å². The fourth-order valence-corrected chi connectivity index (χ4v) is 1.65. The second-order valence-electron chi connectivity index (χ2n) is 4.22. The number of hydrogen-bond acceptors (Lipinski definition) is 3. The van der Waals surface area contributed by atoms with E-state index in [9.17, 15) is 18.0 Å². The lowest BCUT2D eigenvalue weighted by molar-refractivity contribution is -0.274. The quantitative estimate of drug-likeness (QED) is 0.805. The maximum atomic E-state index is 12.3. The van der Waals surface area contributed by atoms with E-state index in [1.807, 2.05) is 6.92 Å². The Labute approximate surface area is 114 Å². The molecule has 0 aliphatic heterocycles. The third kappa shape index (κ3) is 5.38. The first-order chi connectivity index (χ1) is 9.33. The summed E-state index contributed by atoms with van der Waals surface area (Å²) in [5.41, 5.74) is 0.00771. The molecule has 0 aromatic heterocycles. The largest absolute Gasteiger partial charge is 0.573 e. The minimum atomic E-state index is -4.82. The molecule has 0 radical (unpaired) electrons. The van der Waals surface area contributed by atoms with Gasteiger partial charge in [0.2, 0.25) is 0 Å². The molecule has 0 fully saturated rings. The van der Waals surface area contributed by atoms with Gasteiger partial charge in [0, 0.05) is 0 Å². The van der Waals surface area contributed by atoms with Crippen LogP contribution in [0.4, 0.5) is 18.9 Å². The van der Waals surface area contributed by atoms with E-state index in [2.05, 4.69) is 10.1 Å². The van der Waals surface area contributed by atoms with Crippen LogP contribution in [-0.2, 0) is 4.79 Å². The number of anilines is 1. The summed E-state index contributed by atoms with van der Waals surface area (Å²) in [5.74, 6) is -1.55. The fraction of sp³-hybridized carbons (Fsp3) is 0.462. The molecular weight excluding hydrogens is 275 g/mol. The number of rotatable bonds is 7. The van der Waals surface area contributed by atoms with Crippen LogP contribution >= 0.6 is 0 Å². The van der Waals surface area contributed by atoms with Crippen LogP contribution in [0.2, 0.25) is 0 Å². The summed E-state index contributed by atoms with van der Waals surface area (Å²) >= 11 is 0. The number of unbranched alkanes of at least 4 members (excludes halogenated alkanes) is 1. The Hall–Kier alpha value is -1.92. The van der Waals surface area contributed by atoms with Gasteiger partial charge in [0.05, 0.1) is 5.69 Å². The normalized spacial score (nSPS) is 12.8. The van der Waals surface area contributed by atoms with Crippen LogP contribution in [0.1, 0.15) is 26.2 Å². The van der Waals surface area contributed by atoms with Crippen LogP contribution < -0.4 is 10.1 Å². The van der Waals surface area contributed by atoms with E-state index in [1.165, 1.54) is 18.2 Å². The van der Waals surface area contributed by atoms with Crippen LogP contribution in [0, 0.1) is 0 Å². The summed E-state index contributed by atoms with van der Waals surface area (Å²) in [6.07, 6.45) is -3.04. The highest BCUT2D eigenvalue weighted by atomic mass is 19.4. The van der Waals surface area contributed by atoms with E-state index >= 15 is 0 Å². The Balaban J connectivity index is 2.86. The number of benzene rings is 1. The first-order valence-electron chi connectivity index (χ1n) is 6.17. The van der Waals surface area contributed by atoms with Gasteiger partial charge in [0.15, 0.2) is 5.75 Å². The van der Waals surface area contributed by atoms with Crippen LogP contribution in [0.5, 0.6) is 5.75 Å². The topological polar surface area (TPSA) is 58.6 Å². The monoisotopic (exact) mass is 291 g/mol. The van der Waals surface area contributed by atoms with Gasteiger partial charge in [-0.15, -0.1) is 13.2 Å². The number of carboxylic acids is 1. The molecule has 0 heterocycles. The van der Waals surface area contributed by atoms with Crippen molar-refractivity contribution < 1.29 is 27.8 Å². The number of halogens is 3. The van der Waals surface area contributed by atoms with Gasteiger partial charge in [-0.1, -0.05) is 31.9 Å². The van der Waals surface area contributed by atoms with Crippen molar-refractivity contribution in [3.8, 4) is 5.75 Å². The van der Waals surface area contributed by atoms with Gasteiger partial charge < -0.3 is 15.2 Å². The highest BCUT2D eigenvalue weighted by Gasteiger charge is 2.32. The van der Waals surface area contributed by atoms with Gasteiger partial charge in [0.1, 0.15) is 6.04 Å². The van der Waals surface area contributed by atoms with E-state index in [0.29, 0.717) is 12.8 Å². The number of alkyl halides is 3. The molecule has 7 heteroatoms. The standard InChI is InChI=1S/C13H16F3NO3/c1-2-3-6-10(12(18)19)17-9-7-4-5-8-11(9)20-13(14,15)16/h4-5,7-8,10,17H,2-3,6H2,1H3,(H,18,19). The lowest BCUT2D eigenvalue weighted by Crippen LogP contribution is -2.29. The minimum Gasteiger partial charge on any atom is -0.480 e. The molecule has 0 saturated carbocycles. The maximum absolute atomic E-state index is 12.3. The van der Waals surface area contributed by atoms with Crippen LogP contribution in [0.15, 0.2) is 24.3 Å². The Morgan fingerprint density at radius 3 is 2.60 bits per heavy atom. The van der Waals surface area contributed by atoms with Gasteiger partial charge in [-0.05, 0) is 18.6 Å². The summed E-state index contributed by atoms with van der Waals surface area (Å²) in [4.78, 5) is 11.1. The zero-order valence-electron chi connectivity index (χ0n) is 10.9. The summed E-state index contributed by atoms with van der Waals surface area (Å²) in [5, 5.41) is 11.6. The number of hydrogen-bond donors (Lipinski definition) is 2. The van der Waals surface area contributed by atoms with E-state index in [0.717, 1.165) is 12.5 Å². The predicted octanol–water partition coefficient (Wildman–Crippen LogP) is 3.64. The summed E-state index contributed by atoms with van der Waals surface area (Å²) < 4.78 is 40.6. The van der Waals surface area contributed by atoms with E-state index in [4.69, 9.17) is 5.11 Å². The maximum Gasteiger partial charge on any atom is 0.573 e. The number of carbonyl (C=O) groups is 1. The van der Waals surface area contributed by atoms with Crippen molar-refractivity contribution in [2.24, 2.45) is 0 Å². The molecule has 0 saturated heterocycles. The molecule has 1 aromatic rings. The van der Waals surface area contributed by atoms with Crippen LogP contribution in [0.3, 0.4) is 0 Å². The van der Waals surface area contributed by atoms with Gasteiger partial charge in [-0.25, -0.2) is 4.79 Å². The minimum absolute atomic E-state index is 0.00771. The van der Waals surface area contributed by atoms with Crippen LogP contribution in [0.25, 0.3) is 0 Å². The molecule has 0 amide bonds. The Morgan fingerprint density at radius 1 is 1.40 bits per heavy atom. The molecule has 1 atom stereocenters. The zero-order valence-corrected chi connectivity index (χ0v) is 10.9. The van der Waals surface area contributed by atoms with Crippen molar-refractivity contribution >= 4 is 11.7 Å². The third-order valence-electron chi connectivity index (χ3n) is 2.59. The molecular formula is C13H16F3NO3. The molecule has 112 valence electrons. The SMILES string of the molecule is CCCCC(Nc1ccccc1OC(F)(F)F)C(=O)O. The van der Waals surface area contributed by atoms with Gasteiger partial charge in [0.25, 0.3) is 0 Å². The fourth-order valence-electron chi connectivity index (χ4n) is 1.65. The highest BCUT2D eigenvalue weighted by Crippen LogP contribution is 2.30. The number of nitrogens with one attached hydrogen (secondary N) is 1. The molecule has 0 spiro atoms. The molecule has 0 bridgehead atoms. The Bertz CT molecular complexity index is 449. The number of ether oxygens (including phenoxy) is 1. The molecule has 1 unspecified atom stereocenters. The van der Waals surface area contributed by atoms with E-state index in [1.54, 1.807) is 0 Å². The predicted molar refractivity (Wildman–Crippen MR) is 67.7 cm³/mol. The average Bonchev–Trinajstić information content (AvgIpc) is 2.34. The molecule has 0 aliphatic rings. The van der Waals surface area contributed by atoms with Gasteiger partial charge >= 0.3 is 12.3 Å². The number of carboxylic acid groups (broad SMARTS) is 1. The Morgan fingerprint density at radius 2 is 2.05 bits per heavy atom. The Kier molecular flexibility index (Phi) is 5.66. The smallest absolute Gasteiger partial charge is 0.480 e. The molecule has 0 aliphatic carbocycles. The van der Waals surface area contributed by atoms with Crippen molar-refractivity contribution in [2.75, 3.05) is 5.32 Å². The number of aliphatic carboxylic acids is 1. The highest BCUT2D eigenvalue weighted by molar-refractivity contribution is 5.78. The second-order valence-corrected chi connectivity index (χ2v) is 4.22. The van der Waals surface area contributed by atoms with Crippen molar-refractivity contribution in [1.29, 1.82) is 0 Å². The second kappa shape index (κ2) is 7.02. The first-order valence-corrected chi connectivity index (χ1v) is 6.17. The lowest BCUT2D eigenvalue weighted by Gasteiger charge is -2.19. The molecule has 1 aromatic carbocycles. The third-order valence-corrected chi connectivity index (χ3v) is 2.59. The van der Waals surface area contributed by atoms with E-state index < -0.39 is 24.1 Å². The van der Waals surface area contributed by atoms with Gasteiger partial charge in [-0.2, -0.15) is 0 Å². The first kappa shape index (κ1) is 16.1. The van der Waals surface area contributed by atoms with Crippen molar-refractivity contribution in [2.45, 2.75) is 38.6 Å². The lowest BCUT2D eigenvalue weighted by atomic mass is 10.1.